The molecule has 0 aromatic heterocycles. The van der Waals surface area contributed by atoms with Crippen LogP contribution in [0.5, 0.6) is 0 Å². The van der Waals surface area contributed by atoms with E-state index >= 15 is 0 Å². The molecule has 2 rings (SSSR count). The highest BCUT2D eigenvalue weighted by Crippen LogP contribution is 2.33. The molecule has 0 saturated heterocycles. The van der Waals surface area contributed by atoms with E-state index in [1.54, 1.807) is 0 Å². The van der Waals surface area contributed by atoms with Gasteiger partial charge in [0.2, 0.25) is 0 Å². The molecule has 1 unspecified atom stereocenters. The summed E-state index contributed by atoms with van der Waals surface area (Å²) in [5.74, 6) is 0.818. The molecule has 0 spiro atoms. The van der Waals surface area contributed by atoms with E-state index in [4.69, 9.17) is 0 Å². The molecule has 118 valence electrons. The monoisotopic (exact) mass is 288 g/mol. The summed E-state index contributed by atoms with van der Waals surface area (Å²) in [5.41, 5.74) is 2.98. The minimum atomic E-state index is 0.535. The van der Waals surface area contributed by atoms with E-state index in [0.29, 0.717) is 6.04 Å². The maximum atomic E-state index is 3.74. The van der Waals surface area contributed by atoms with Crippen molar-refractivity contribution in [1.82, 2.24) is 5.32 Å². The molecule has 2 heteroatoms. The number of fused-ring (bicyclic) bond motifs is 1. The molecule has 2 nitrogen and oxygen atoms in total. The highest BCUT2D eigenvalue weighted by molar-refractivity contribution is 5.56. The quantitative estimate of drug-likeness (QED) is 0.778. The topological polar surface area (TPSA) is 15.3 Å². The van der Waals surface area contributed by atoms with Crippen molar-refractivity contribution in [3.8, 4) is 0 Å². The Kier molecular flexibility index (Phi) is 6.56. The van der Waals surface area contributed by atoms with Gasteiger partial charge in [0.05, 0.1) is 0 Å². The number of para-hydroxylation sites is 1. The Hall–Kier alpha value is -1.02. The largest absolute Gasteiger partial charge is 0.371 e. The van der Waals surface area contributed by atoms with Crippen LogP contribution in [0.1, 0.15) is 64.5 Å². The Morgan fingerprint density at radius 3 is 2.67 bits per heavy atom. The van der Waals surface area contributed by atoms with Crippen molar-refractivity contribution < 1.29 is 0 Å². The molecule has 0 amide bonds. The SMILES string of the molecule is CCCNC1CCCN(CC(CC)CC)c2ccccc21. The third-order valence-electron chi connectivity index (χ3n) is 4.85. The van der Waals surface area contributed by atoms with Crippen molar-refractivity contribution in [1.29, 1.82) is 0 Å². The van der Waals surface area contributed by atoms with E-state index in [1.807, 2.05) is 0 Å². The van der Waals surface area contributed by atoms with Crippen molar-refractivity contribution in [2.45, 2.75) is 58.9 Å². The summed E-state index contributed by atoms with van der Waals surface area (Å²) in [7, 11) is 0. The van der Waals surface area contributed by atoms with Crippen LogP contribution in [-0.4, -0.2) is 19.6 Å². The molecule has 0 bridgehead atoms. The number of anilines is 1. The van der Waals surface area contributed by atoms with E-state index in [1.165, 1.54) is 56.4 Å². The van der Waals surface area contributed by atoms with Gasteiger partial charge < -0.3 is 10.2 Å². The standard InChI is InChI=1S/C19H32N2/c1-4-13-20-18-11-9-14-21(15-16(5-2)6-3)19-12-8-7-10-17(18)19/h7-8,10,12,16,18,20H,4-6,9,11,13-15H2,1-3H3. The first-order valence-corrected chi connectivity index (χ1v) is 8.87. The second-order valence-electron chi connectivity index (χ2n) is 6.34. The smallest absolute Gasteiger partial charge is 0.0414 e. The van der Waals surface area contributed by atoms with Crippen LogP contribution in [0.25, 0.3) is 0 Å². The molecule has 21 heavy (non-hydrogen) atoms. The molecule has 1 heterocycles. The molecule has 1 aliphatic rings. The molecule has 0 saturated carbocycles. The third kappa shape index (κ3) is 4.23. The summed E-state index contributed by atoms with van der Waals surface area (Å²) in [6.07, 6.45) is 6.32. The molecule has 1 atom stereocenters. The maximum absolute atomic E-state index is 3.74. The van der Waals surface area contributed by atoms with Gasteiger partial charge in [-0.1, -0.05) is 51.8 Å². The number of nitrogens with one attached hydrogen (secondary N) is 1. The molecule has 0 aliphatic carbocycles. The van der Waals surface area contributed by atoms with Gasteiger partial charge in [0.25, 0.3) is 0 Å². The van der Waals surface area contributed by atoms with E-state index in [0.717, 1.165) is 12.5 Å². The Morgan fingerprint density at radius 1 is 1.19 bits per heavy atom. The second-order valence-corrected chi connectivity index (χ2v) is 6.34. The highest BCUT2D eigenvalue weighted by atomic mass is 15.1. The van der Waals surface area contributed by atoms with Crippen LogP contribution in [0, 0.1) is 5.92 Å². The van der Waals surface area contributed by atoms with Gasteiger partial charge in [-0.15, -0.1) is 0 Å². The first-order chi connectivity index (χ1) is 10.3. The van der Waals surface area contributed by atoms with Crippen molar-refractivity contribution >= 4 is 5.69 Å². The molecular weight excluding hydrogens is 256 g/mol. The Bertz CT molecular complexity index is 412. The maximum Gasteiger partial charge on any atom is 0.0414 e. The first-order valence-electron chi connectivity index (χ1n) is 8.87. The van der Waals surface area contributed by atoms with Crippen LogP contribution >= 0.6 is 0 Å². The normalized spacial score (nSPS) is 18.7. The zero-order valence-electron chi connectivity index (χ0n) is 14.1. The number of hydrogen-bond acceptors (Lipinski definition) is 2. The van der Waals surface area contributed by atoms with Gasteiger partial charge in [-0.05, 0) is 43.4 Å². The minimum Gasteiger partial charge on any atom is -0.371 e. The average Bonchev–Trinajstić information content (AvgIpc) is 2.70. The zero-order valence-corrected chi connectivity index (χ0v) is 14.1. The lowest BCUT2D eigenvalue weighted by atomic mass is 10.00. The molecule has 1 aromatic carbocycles. The van der Waals surface area contributed by atoms with Gasteiger partial charge in [0.15, 0.2) is 0 Å². The summed E-state index contributed by atoms with van der Waals surface area (Å²) in [6.45, 7) is 10.4. The molecule has 0 radical (unpaired) electrons. The predicted octanol–water partition coefficient (Wildman–Crippen LogP) is 4.76. The van der Waals surface area contributed by atoms with Crippen molar-refractivity contribution in [2.24, 2.45) is 5.92 Å². The average molecular weight is 288 g/mol. The highest BCUT2D eigenvalue weighted by Gasteiger charge is 2.23. The fraction of sp³-hybridized carbons (Fsp3) is 0.684. The zero-order chi connectivity index (χ0) is 15.1. The Morgan fingerprint density at radius 2 is 1.95 bits per heavy atom. The molecule has 1 aliphatic heterocycles. The fourth-order valence-electron chi connectivity index (χ4n) is 3.41. The van der Waals surface area contributed by atoms with E-state index in [9.17, 15) is 0 Å². The van der Waals surface area contributed by atoms with E-state index < -0.39 is 0 Å². The Balaban J connectivity index is 2.20. The lowest BCUT2D eigenvalue weighted by Crippen LogP contribution is -2.30. The van der Waals surface area contributed by atoms with Crippen molar-refractivity contribution in [2.75, 3.05) is 24.5 Å². The molecule has 1 aromatic rings. The molecular formula is C19H32N2. The van der Waals surface area contributed by atoms with Crippen LogP contribution in [0.15, 0.2) is 24.3 Å². The second kappa shape index (κ2) is 8.43. The van der Waals surface area contributed by atoms with Crippen molar-refractivity contribution in [3.63, 3.8) is 0 Å². The van der Waals surface area contributed by atoms with Gasteiger partial charge in [0.1, 0.15) is 0 Å². The molecule has 0 fully saturated rings. The summed E-state index contributed by atoms with van der Waals surface area (Å²) in [5, 5.41) is 3.74. The lowest BCUT2D eigenvalue weighted by molar-refractivity contribution is 0.473. The number of nitrogens with zero attached hydrogens (tertiary/aromatic N) is 1. The number of rotatable bonds is 7. The lowest BCUT2D eigenvalue weighted by Gasteiger charge is -2.29. The Labute approximate surface area is 130 Å². The van der Waals surface area contributed by atoms with Crippen LogP contribution in [-0.2, 0) is 0 Å². The number of hydrogen-bond donors (Lipinski definition) is 1. The van der Waals surface area contributed by atoms with E-state index in [-0.39, 0.29) is 0 Å². The summed E-state index contributed by atoms with van der Waals surface area (Å²) in [6, 6.07) is 9.58. The molecule has 1 N–H and O–H groups in total. The predicted molar refractivity (Wildman–Crippen MR) is 93.0 cm³/mol. The fourth-order valence-corrected chi connectivity index (χ4v) is 3.41. The summed E-state index contributed by atoms with van der Waals surface area (Å²) >= 11 is 0. The third-order valence-corrected chi connectivity index (χ3v) is 4.85. The van der Waals surface area contributed by atoms with Crippen molar-refractivity contribution in [3.05, 3.63) is 29.8 Å². The van der Waals surface area contributed by atoms with Crippen LogP contribution in [0.2, 0.25) is 0 Å². The van der Waals surface area contributed by atoms with E-state index in [2.05, 4.69) is 55.3 Å². The van der Waals surface area contributed by atoms with Crippen LogP contribution < -0.4 is 10.2 Å². The number of benzene rings is 1. The van der Waals surface area contributed by atoms with Gasteiger partial charge in [-0.3, -0.25) is 0 Å². The van der Waals surface area contributed by atoms with Crippen LogP contribution in [0.4, 0.5) is 5.69 Å². The van der Waals surface area contributed by atoms with Gasteiger partial charge in [0, 0.05) is 24.8 Å². The summed E-state index contributed by atoms with van der Waals surface area (Å²) in [4.78, 5) is 2.64. The first kappa shape index (κ1) is 16.4. The van der Waals surface area contributed by atoms with Gasteiger partial charge >= 0.3 is 0 Å². The minimum absolute atomic E-state index is 0.535. The van der Waals surface area contributed by atoms with Gasteiger partial charge in [-0.25, -0.2) is 0 Å². The van der Waals surface area contributed by atoms with Crippen LogP contribution in [0.3, 0.4) is 0 Å². The van der Waals surface area contributed by atoms with Gasteiger partial charge in [-0.2, -0.15) is 0 Å². The summed E-state index contributed by atoms with van der Waals surface area (Å²) < 4.78 is 0.